The zero-order chi connectivity index (χ0) is 16.4. The minimum absolute atomic E-state index is 0.131. The van der Waals surface area contributed by atoms with E-state index in [0.29, 0.717) is 18.4 Å². The van der Waals surface area contributed by atoms with Gasteiger partial charge in [-0.15, -0.1) is 0 Å². The van der Waals surface area contributed by atoms with E-state index in [4.69, 9.17) is 10.5 Å². The van der Waals surface area contributed by atoms with Gasteiger partial charge in [-0.05, 0) is 73.2 Å². The fourth-order valence-electron chi connectivity index (χ4n) is 4.74. The molecule has 126 valence electrons. The van der Waals surface area contributed by atoms with E-state index in [2.05, 4.69) is 30.4 Å². The van der Waals surface area contributed by atoms with E-state index in [1.165, 1.54) is 17.5 Å². The van der Waals surface area contributed by atoms with Crippen molar-refractivity contribution < 1.29 is 9.53 Å². The van der Waals surface area contributed by atoms with Crippen LogP contribution in [0.4, 0.5) is 0 Å². The standard InChI is InChI=1S/C19H28N2O2/c1-13-17-11-14-6-7-15(23-2)12-16(14)19(13,9-4-10-21-17)8-3-5-18(20)22/h6-7,12-13,17,21H,3-5,8-11H2,1-2H3,(H2,20,22)/t13-,17+,19+/m0/s1. The Hall–Kier alpha value is -1.55. The Labute approximate surface area is 138 Å². The second-order valence-corrected chi connectivity index (χ2v) is 7.16. The van der Waals surface area contributed by atoms with Crippen molar-refractivity contribution in [2.45, 2.75) is 56.9 Å². The largest absolute Gasteiger partial charge is 0.497 e. The number of methoxy groups -OCH3 is 1. The summed E-state index contributed by atoms with van der Waals surface area (Å²) in [5.74, 6) is 1.29. The molecular weight excluding hydrogens is 288 g/mol. The molecular formula is C19H28N2O2. The first-order chi connectivity index (χ1) is 11.1. The van der Waals surface area contributed by atoms with Gasteiger partial charge in [0.15, 0.2) is 0 Å². The number of carbonyl (C=O) groups is 1. The van der Waals surface area contributed by atoms with Gasteiger partial charge < -0.3 is 15.8 Å². The van der Waals surface area contributed by atoms with E-state index in [1.807, 2.05) is 0 Å². The number of nitrogens with one attached hydrogen (secondary N) is 1. The number of amides is 1. The number of benzene rings is 1. The highest BCUT2D eigenvalue weighted by atomic mass is 16.5. The topological polar surface area (TPSA) is 64.3 Å². The van der Waals surface area contributed by atoms with Crippen LogP contribution in [0.2, 0.25) is 0 Å². The first-order valence-electron chi connectivity index (χ1n) is 8.76. The summed E-state index contributed by atoms with van der Waals surface area (Å²) in [5.41, 5.74) is 8.37. The van der Waals surface area contributed by atoms with Crippen molar-refractivity contribution >= 4 is 5.91 Å². The van der Waals surface area contributed by atoms with Crippen LogP contribution in [-0.2, 0) is 16.6 Å². The lowest BCUT2D eigenvalue weighted by Crippen LogP contribution is -2.49. The molecule has 3 atom stereocenters. The molecule has 1 fully saturated rings. The van der Waals surface area contributed by atoms with Crippen LogP contribution in [0.3, 0.4) is 0 Å². The molecule has 0 unspecified atom stereocenters. The second kappa shape index (κ2) is 6.52. The lowest BCUT2D eigenvalue weighted by atomic mass is 9.58. The summed E-state index contributed by atoms with van der Waals surface area (Å²) in [7, 11) is 1.73. The third-order valence-electron chi connectivity index (χ3n) is 6.02. The van der Waals surface area contributed by atoms with Crippen LogP contribution in [0.25, 0.3) is 0 Å². The predicted octanol–water partition coefficient (Wildman–Crippen LogP) is 2.53. The van der Waals surface area contributed by atoms with Crippen LogP contribution in [0.1, 0.15) is 50.2 Å². The van der Waals surface area contributed by atoms with Gasteiger partial charge in [-0.3, -0.25) is 4.79 Å². The van der Waals surface area contributed by atoms with Gasteiger partial charge in [-0.2, -0.15) is 0 Å². The summed E-state index contributed by atoms with van der Waals surface area (Å²) in [6.45, 7) is 3.45. The van der Waals surface area contributed by atoms with Crippen molar-refractivity contribution in [1.29, 1.82) is 0 Å². The molecule has 3 N–H and O–H groups in total. The van der Waals surface area contributed by atoms with Crippen molar-refractivity contribution in [3.8, 4) is 5.75 Å². The summed E-state index contributed by atoms with van der Waals surface area (Å²) in [5, 5.41) is 3.73. The predicted molar refractivity (Wildman–Crippen MR) is 91.6 cm³/mol. The monoisotopic (exact) mass is 316 g/mol. The van der Waals surface area contributed by atoms with E-state index >= 15 is 0 Å². The summed E-state index contributed by atoms with van der Waals surface area (Å²) >= 11 is 0. The van der Waals surface area contributed by atoms with Gasteiger partial charge in [0.25, 0.3) is 0 Å². The summed E-state index contributed by atoms with van der Waals surface area (Å²) in [6.07, 6.45) is 5.78. The Morgan fingerprint density at radius 1 is 1.48 bits per heavy atom. The van der Waals surface area contributed by atoms with Gasteiger partial charge in [0.2, 0.25) is 5.91 Å². The summed E-state index contributed by atoms with van der Waals surface area (Å²) < 4.78 is 5.48. The first-order valence-corrected chi connectivity index (χ1v) is 8.76. The van der Waals surface area contributed by atoms with Gasteiger partial charge in [-0.25, -0.2) is 0 Å². The molecule has 1 saturated heterocycles. The third-order valence-corrected chi connectivity index (χ3v) is 6.02. The number of hydrogen-bond acceptors (Lipinski definition) is 3. The van der Waals surface area contributed by atoms with Gasteiger partial charge in [0, 0.05) is 12.5 Å². The average Bonchev–Trinajstić information content (AvgIpc) is 2.64. The maximum absolute atomic E-state index is 11.2. The molecule has 1 amide bonds. The van der Waals surface area contributed by atoms with E-state index in [-0.39, 0.29) is 11.3 Å². The molecule has 0 saturated carbocycles. The smallest absolute Gasteiger partial charge is 0.217 e. The Morgan fingerprint density at radius 3 is 3.04 bits per heavy atom. The zero-order valence-corrected chi connectivity index (χ0v) is 14.2. The molecule has 2 bridgehead atoms. The molecule has 2 aliphatic rings. The van der Waals surface area contributed by atoms with Crippen LogP contribution in [-0.4, -0.2) is 25.6 Å². The van der Waals surface area contributed by atoms with E-state index in [9.17, 15) is 4.79 Å². The molecule has 1 aromatic rings. The van der Waals surface area contributed by atoms with Gasteiger partial charge in [0.1, 0.15) is 5.75 Å². The van der Waals surface area contributed by atoms with Crippen molar-refractivity contribution in [3.63, 3.8) is 0 Å². The molecule has 0 radical (unpaired) electrons. The van der Waals surface area contributed by atoms with Crippen LogP contribution in [0.15, 0.2) is 18.2 Å². The van der Waals surface area contributed by atoms with Crippen LogP contribution in [0, 0.1) is 5.92 Å². The van der Waals surface area contributed by atoms with Crippen LogP contribution in [0.5, 0.6) is 5.75 Å². The highest BCUT2D eigenvalue weighted by Gasteiger charge is 2.46. The van der Waals surface area contributed by atoms with Crippen LogP contribution < -0.4 is 15.8 Å². The maximum Gasteiger partial charge on any atom is 0.217 e. The molecule has 4 nitrogen and oxygen atoms in total. The Kier molecular flexibility index (Phi) is 4.62. The Balaban J connectivity index is 2.01. The summed E-state index contributed by atoms with van der Waals surface area (Å²) in [6, 6.07) is 7.05. The molecule has 4 heteroatoms. The second-order valence-electron chi connectivity index (χ2n) is 7.16. The highest BCUT2D eigenvalue weighted by molar-refractivity contribution is 5.73. The number of fused-ring (bicyclic) bond motifs is 4. The third kappa shape index (κ3) is 2.97. The lowest BCUT2D eigenvalue weighted by molar-refractivity contribution is -0.118. The Bertz CT molecular complexity index is 587. The SMILES string of the molecule is COc1ccc2c(c1)[C@]1(CCCC(N)=O)CCCN[C@H](C2)[C@@H]1C. The number of nitrogens with two attached hydrogens (primary N) is 1. The Morgan fingerprint density at radius 2 is 2.30 bits per heavy atom. The van der Waals surface area contributed by atoms with Crippen molar-refractivity contribution in [2.24, 2.45) is 11.7 Å². The van der Waals surface area contributed by atoms with Crippen molar-refractivity contribution in [2.75, 3.05) is 13.7 Å². The highest BCUT2D eigenvalue weighted by Crippen LogP contribution is 2.50. The number of ether oxygens (including phenoxy) is 1. The maximum atomic E-state index is 11.2. The number of carbonyl (C=O) groups excluding carboxylic acids is 1. The van der Waals surface area contributed by atoms with Crippen molar-refractivity contribution in [3.05, 3.63) is 29.3 Å². The average molecular weight is 316 g/mol. The molecule has 1 aromatic carbocycles. The molecule has 1 aliphatic heterocycles. The normalized spacial score (nSPS) is 29.5. The summed E-state index contributed by atoms with van der Waals surface area (Å²) in [4.78, 5) is 11.2. The van der Waals surface area contributed by atoms with E-state index in [1.54, 1.807) is 7.11 Å². The first kappa shape index (κ1) is 16.3. The fraction of sp³-hybridized carbons (Fsp3) is 0.632. The molecule has 0 aromatic heterocycles. The van der Waals surface area contributed by atoms with Crippen molar-refractivity contribution in [1.82, 2.24) is 5.32 Å². The lowest BCUT2D eigenvalue weighted by Gasteiger charge is -2.47. The number of primary amides is 1. The number of rotatable bonds is 5. The molecule has 3 rings (SSSR count). The molecule has 1 aliphatic carbocycles. The van der Waals surface area contributed by atoms with Gasteiger partial charge in [-0.1, -0.05) is 13.0 Å². The van der Waals surface area contributed by atoms with E-state index in [0.717, 1.165) is 38.0 Å². The van der Waals surface area contributed by atoms with Gasteiger partial charge in [0.05, 0.1) is 7.11 Å². The fourth-order valence-corrected chi connectivity index (χ4v) is 4.74. The van der Waals surface area contributed by atoms with Crippen LogP contribution >= 0.6 is 0 Å². The molecule has 0 spiro atoms. The van der Waals surface area contributed by atoms with Gasteiger partial charge >= 0.3 is 0 Å². The molecule has 1 heterocycles. The zero-order valence-electron chi connectivity index (χ0n) is 14.2. The number of hydrogen-bond donors (Lipinski definition) is 2. The quantitative estimate of drug-likeness (QED) is 0.877. The molecule has 23 heavy (non-hydrogen) atoms. The minimum atomic E-state index is -0.195. The minimum Gasteiger partial charge on any atom is -0.497 e. The van der Waals surface area contributed by atoms with E-state index < -0.39 is 0 Å².